The second kappa shape index (κ2) is 7.59. The fourth-order valence-corrected chi connectivity index (χ4v) is 3.41. The van der Waals surface area contributed by atoms with Gasteiger partial charge in [0.25, 0.3) is 0 Å². The first-order chi connectivity index (χ1) is 11.3. The summed E-state index contributed by atoms with van der Waals surface area (Å²) in [5, 5.41) is 0. The van der Waals surface area contributed by atoms with Crippen molar-refractivity contribution in [2.24, 2.45) is 0 Å². The number of benzene rings is 2. The van der Waals surface area contributed by atoms with Crippen molar-refractivity contribution in [2.45, 2.75) is 25.2 Å². The average molecular weight is 347 g/mol. The maximum Gasteiger partial charge on any atom is 0.240 e. The first-order valence-corrected chi connectivity index (χ1v) is 9.06. The lowest BCUT2D eigenvalue weighted by Gasteiger charge is -2.09. The number of hydrogen-bond acceptors (Lipinski definition) is 4. The smallest absolute Gasteiger partial charge is 0.240 e. The summed E-state index contributed by atoms with van der Waals surface area (Å²) in [4.78, 5) is 11.4. The molecule has 0 aromatic heterocycles. The molecule has 2 aromatic rings. The molecule has 0 heterocycles. The molecule has 0 saturated carbocycles. The summed E-state index contributed by atoms with van der Waals surface area (Å²) in [5.74, 6) is 0.715. The van der Waals surface area contributed by atoms with Crippen molar-refractivity contribution in [1.82, 2.24) is 4.72 Å². The zero-order valence-corrected chi connectivity index (χ0v) is 14.8. The Morgan fingerprint density at radius 2 is 1.79 bits per heavy atom. The van der Waals surface area contributed by atoms with Gasteiger partial charge in [-0.05, 0) is 49.6 Å². The molecule has 0 spiro atoms. The Kier molecular flexibility index (Phi) is 5.75. The molecule has 0 saturated heterocycles. The predicted molar refractivity (Wildman–Crippen MR) is 93.1 cm³/mol. The SMILES string of the molecule is COc1ccc(CCNS(=O)(=O)c2ccc(C(C)=O)cc2)cc1C. The molecule has 128 valence electrons. The van der Waals surface area contributed by atoms with Crippen molar-refractivity contribution >= 4 is 15.8 Å². The summed E-state index contributed by atoms with van der Waals surface area (Å²) < 4.78 is 32.3. The van der Waals surface area contributed by atoms with E-state index >= 15 is 0 Å². The standard InChI is InChI=1S/C18H21NO4S/c1-13-12-15(4-9-18(13)23-3)10-11-19-24(21,22)17-7-5-16(6-8-17)14(2)20/h4-9,12,19H,10-11H2,1-3H3. The first-order valence-electron chi connectivity index (χ1n) is 7.57. The van der Waals surface area contributed by atoms with E-state index in [0.717, 1.165) is 16.9 Å². The van der Waals surface area contributed by atoms with E-state index in [1.807, 2.05) is 25.1 Å². The van der Waals surface area contributed by atoms with Crippen LogP contribution in [0.25, 0.3) is 0 Å². The monoisotopic (exact) mass is 347 g/mol. The molecule has 0 amide bonds. The number of methoxy groups -OCH3 is 1. The van der Waals surface area contributed by atoms with E-state index in [2.05, 4.69) is 4.72 Å². The van der Waals surface area contributed by atoms with Gasteiger partial charge in [0.2, 0.25) is 10.0 Å². The lowest BCUT2D eigenvalue weighted by molar-refractivity contribution is 0.101. The summed E-state index contributed by atoms with van der Waals surface area (Å²) in [6, 6.07) is 11.7. The molecule has 0 fully saturated rings. The molecule has 0 aliphatic carbocycles. The highest BCUT2D eigenvalue weighted by molar-refractivity contribution is 7.89. The molecule has 24 heavy (non-hydrogen) atoms. The van der Waals surface area contributed by atoms with Crippen molar-refractivity contribution in [3.63, 3.8) is 0 Å². The topological polar surface area (TPSA) is 72.5 Å². The number of nitrogens with one attached hydrogen (secondary N) is 1. The van der Waals surface area contributed by atoms with Crippen LogP contribution in [0.2, 0.25) is 0 Å². The fraction of sp³-hybridized carbons (Fsp3) is 0.278. The number of aryl methyl sites for hydroxylation is 1. The van der Waals surface area contributed by atoms with E-state index in [-0.39, 0.29) is 10.7 Å². The summed E-state index contributed by atoms with van der Waals surface area (Å²) in [5.41, 5.74) is 2.53. The minimum absolute atomic E-state index is 0.0956. The van der Waals surface area contributed by atoms with Gasteiger partial charge in [-0.3, -0.25) is 4.79 Å². The van der Waals surface area contributed by atoms with Crippen molar-refractivity contribution < 1.29 is 17.9 Å². The number of Topliss-reactive ketones (excluding diaryl/α,β-unsaturated/α-hetero) is 1. The molecule has 0 atom stereocenters. The average Bonchev–Trinajstić information content (AvgIpc) is 2.55. The van der Waals surface area contributed by atoms with Gasteiger partial charge in [0.15, 0.2) is 5.78 Å². The molecule has 0 radical (unpaired) electrons. The van der Waals surface area contributed by atoms with E-state index in [1.165, 1.54) is 31.2 Å². The molecule has 2 rings (SSSR count). The molecule has 0 bridgehead atoms. The van der Waals surface area contributed by atoms with Crippen molar-refractivity contribution in [3.8, 4) is 5.75 Å². The van der Waals surface area contributed by atoms with Crippen LogP contribution < -0.4 is 9.46 Å². The molecular formula is C18H21NO4S. The molecule has 0 unspecified atom stereocenters. The van der Waals surface area contributed by atoms with Crippen molar-refractivity contribution in [1.29, 1.82) is 0 Å². The van der Waals surface area contributed by atoms with E-state index < -0.39 is 10.0 Å². The normalized spacial score (nSPS) is 11.3. The van der Waals surface area contributed by atoms with Gasteiger partial charge in [0.1, 0.15) is 5.75 Å². The van der Waals surface area contributed by atoms with Gasteiger partial charge in [0, 0.05) is 12.1 Å². The lowest BCUT2D eigenvalue weighted by atomic mass is 10.1. The Bertz CT molecular complexity index is 827. The Hall–Kier alpha value is -2.18. The van der Waals surface area contributed by atoms with Gasteiger partial charge in [-0.1, -0.05) is 24.3 Å². The Labute approximate surface area is 142 Å². The number of rotatable bonds is 7. The minimum atomic E-state index is -3.58. The Morgan fingerprint density at radius 1 is 1.12 bits per heavy atom. The summed E-state index contributed by atoms with van der Waals surface area (Å²) >= 11 is 0. The second-order valence-electron chi connectivity index (χ2n) is 5.53. The molecule has 0 aliphatic rings. The van der Waals surface area contributed by atoms with Gasteiger partial charge in [0.05, 0.1) is 12.0 Å². The van der Waals surface area contributed by atoms with Gasteiger partial charge in [-0.15, -0.1) is 0 Å². The summed E-state index contributed by atoms with van der Waals surface area (Å²) in [6.07, 6.45) is 0.579. The number of sulfonamides is 1. The molecule has 5 nitrogen and oxygen atoms in total. The van der Waals surface area contributed by atoms with E-state index in [0.29, 0.717) is 18.5 Å². The van der Waals surface area contributed by atoms with Crippen molar-refractivity contribution in [2.75, 3.05) is 13.7 Å². The van der Waals surface area contributed by atoms with E-state index in [1.54, 1.807) is 7.11 Å². The van der Waals surface area contributed by atoms with Crippen molar-refractivity contribution in [3.05, 3.63) is 59.2 Å². The van der Waals surface area contributed by atoms with E-state index in [4.69, 9.17) is 4.74 Å². The Morgan fingerprint density at radius 3 is 2.33 bits per heavy atom. The van der Waals surface area contributed by atoms with E-state index in [9.17, 15) is 13.2 Å². The van der Waals surface area contributed by atoms with Gasteiger partial charge in [-0.25, -0.2) is 13.1 Å². The molecular weight excluding hydrogens is 326 g/mol. The van der Waals surface area contributed by atoms with Gasteiger partial charge < -0.3 is 4.74 Å². The molecule has 6 heteroatoms. The molecule has 0 aliphatic heterocycles. The highest BCUT2D eigenvalue weighted by Crippen LogP contribution is 2.18. The van der Waals surface area contributed by atoms with Crippen LogP contribution in [0.15, 0.2) is 47.4 Å². The third kappa shape index (κ3) is 4.43. The van der Waals surface area contributed by atoms with Crippen LogP contribution in [-0.4, -0.2) is 27.9 Å². The van der Waals surface area contributed by atoms with Crippen LogP contribution in [0, 0.1) is 6.92 Å². The first kappa shape index (κ1) is 18.2. The van der Waals surface area contributed by atoms with Gasteiger partial charge in [-0.2, -0.15) is 0 Å². The van der Waals surface area contributed by atoms with Crippen LogP contribution in [0.1, 0.15) is 28.4 Å². The zero-order valence-electron chi connectivity index (χ0n) is 14.0. The van der Waals surface area contributed by atoms with Crippen LogP contribution in [0.3, 0.4) is 0 Å². The van der Waals surface area contributed by atoms with Crippen LogP contribution in [0.4, 0.5) is 0 Å². The Balaban J connectivity index is 2.00. The third-order valence-electron chi connectivity index (χ3n) is 3.74. The maximum absolute atomic E-state index is 12.3. The summed E-state index contributed by atoms with van der Waals surface area (Å²) in [7, 11) is -1.96. The minimum Gasteiger partial charge on any atom is -0.496 e. The highest BCUT2D eigenvalue weighted by Gasteiger charge is 2.13. The molecule has 1 N–H and O–H groups in total. The lowest BCUT2D eigenvalue weighted by Crippen LogP contribution is -2.26. The number of carbonyl (C=O) groups is 1. The third-order valence-corrected chi connectivity index (χ3v) is 5.21. The highest BCUT2D eigenvalue weighted by atomic mass is 32.2. The number of hydrogen-bond donors (Lipinski definition) is 1. The maximum atomic E-state index is 12.3. The van der Waals surface area contributed by atoms with Crippen LogP contribution >= 0.6 is 0 Å². The number of carbonyl (C=O) groups excluding carboxylic acids is 1. The van der Waals surface area contributed by atoms with Crippen LogP contribution in [0.5, 0.6) is 5.75 Å². The number of ketones is 1. The second-order valence-corrected chi connectivity index (χ2v) is 7.30. The van der Waals surface area contributed by atoms with Crippen LogP contribution in [-0.2, 0) is 16.4 Å². The zero-order chi connectivity index (χ0) is 17.7. The molecule has 2 aromatic carbocycles. The predicted octanol–water partition coefficient (Wildman–Crippen LogP) is 2.73. The number of ether oxygens (including phenoxy) is 1. The summed E-state index contributed by atoms with van der Waals surface area (Å²) in [6.45, 7) is 3.68. The largest absolute Gasteiger partial charge is 0.496 e. The van der Waals surface area contributed by atoms with Gasteiger partial charge >= 0.3 is 0 Å². The quantitative estimate of drug-likeness (QED) is 0.782. The fourth-order valence-electron chi connectivity index (χ4n) is 2.38.